The van der Waals surface area contributed by atoms with Crippen LogP contribution in [-0.4, -0.2) is 16.5 Å². The summed E-state index contributed by atoms with van der Waals surface area (Å²) in [5.41, 5.74) is -0.783. The zero-order valence-electron chi connectivity index (χ0n) is 19.8. The van der Waals surface area contributed by atoms with Gasteiger partial charge in [-0.05, 0) is 79.4 Å². The van der Waals surface area contributed by atoms with Gasteiger partial charge in [-0.25, -0.2) is 0 Å². The number of Topliss-reactive ketones (excluding diaryl/α,β-unsaturated/α-hetero) is 1. The molecule has 0 aromatic carbocycles. The number of rotatable bonds is 5. The molecule has 0 aromatic heterocycles. The van der Waals surface area contributed by atoms with E-state index >= 15 is 0 Å². The first kappa shape index (κ1) is 21.8. The highest BCUT2D eigenvalue weighted by atomic mass is 16.3. The molecule has 4 aliphatic carbocycles. The molecule has 0 saturated heterocycles. The summed E-state index contributed by atoms with van der Waals surface area (Å²) >= 11 is 0. The van der Waals surface area contributed by atoms with Gasteiger partial charge < -0.3 is 5.11 Å². The van der Waals surface area contributed by atoms with E-state index in [1.54, 1.807) is 0 Å². The highest BCUT2D eigenvalue weighted by Crippen LogP contribution is 2.68. The Bertz CT molecular complexity index is 626. The Hall–Kier alpha value is -0.370. The van der Waals surface area contributed by atoms with Gasteiger partial charge >= 0.3 is 0 Å². The van der Waals surface area contributed by atoms with Gasteiger partial charge in [0.2, 0.25) is 0 Å². The lowest BCUT2D eigenvalue weighted by molar-refractivity contribution is -0.203. The van der Waals surface area contributed by atoms with Crippen LogP contribution in [0.2, 0.25) is 0 Å². The molecule has 0 amide bonds. The fourth-order valence-electron chi connectivity index (χ4n) is 9.09. The van der Waals surface area contributed by atoms with Crippen LogP contribution in [0.5, 0.6) is 0 Å². The Morgan fingerprint density at radius 3 is 2.41 bits per heavy atom. The summed E-state index contributed by atoms with van der Waals surface area (Å²) in [5.74, 6) is 4.42. The van der Waals surface area contributed by atoms with E-state index in [9.17, 15) is 9.90 Å². The Balaban J connectivity index is 1.53. The highest BCUT2D eigenvalue weighted by Gasteiger charge is 2.66. The van der Waals surface area contributed by atoms with Crippen LogP contribution >= 0.6 is 0 Å². The van der Waals surface area contributed by atoms with Gasteiger partial charge in [0, 0.05) is 11.8 Å². The molecule has 2 nitrogen and oxygen atoms in total. The maximum absolute atomic E-state index is 13.3. The van der Waals surface area contributed by atoms with Gasteiger partial charge in [0.05, 0.1) is 0 Å². The molecule has 1 N–H and O–H groups in total. The summed E-state index contributed by atoms with van der Waals surface area (Å²) in [4.78, 5) is 13.3. The van der Waals surface area contributed by atoms with Crippen molar-refractivity contribution in [2.24, 2.45) is 46.3 Å². The average Bonchev–Trinajstić information content (AvgIpc) is 3.01. The largest absolute Gasteiger partial charge is 0.381 e. The Labute approximate surface area is 179 Å². The average molecular weight is 403 g/mol. The summed E-state index contributed by atoms with van der Waals surface area (Å²) in [6, 6.07) is 0. The predicted octanol–water partition coefficient (Wildman–Crippen LogP) is 6.79. The smallest absolute Gasteiger partial charge is 0.165 e. The lowest BCUT2D eigenvalue weighted by atomic mass is 9.43. The number of aliphatic hydroxyl groups is 1. The van der Waals surface area contributed by atoms with Gasteiger partial charge in [-0.2, -0.15) is 0 Å². The minimum atomic E-state index is -1.03. The van der Waals surface area contributed by atoms with Crippen molar-refractivity contribution in [3.05, 3.63) is 0 Å². The summed E-state index contributed by atoms with van der Waals surface area (Å²) in [6.45, 7) is 12.1. The fourth-order valence-corrected chi connectivity index (χ4v) is 9.09. The van der Waals surface area contributed by atoms with Crippen molar-refractivity contribution in [2.45, 2.75) is 117 Å². The maximum atomic E-state index is 13.3. The van der Waals surface area contributed by atoms with E-state index < -0.39 is 5.60 Å². The second kappa shape index (κ2) is 7.64. The topological polar surface area (TPSA) is 37.3 Å². The van der Waals surface area contributed by atoms with Crippen LogP contribution in [0.15, 0.2) is 0 Å². The summed E-state index contributed by atoms with van der Waals surface area (Å²) < 4.78 is 0. The fraction of sp³-hybridized carbons (Fsp3) is 0.963. The number of carbonyl (C=O) groups is 1. The monoisotopic (exact) mass is 402 g/mol. The van der Waals surface area contributed by atoms with Gasteiger partial charge in [0.15, 0.2) is 5.78 Å². The van der Waals surface area contributed by atoms with Crippen LogP contribution in [-0.2, 0) is 4.79 Å². The molecule has 2 heteroatoms. The quantitative estimate of drug-likeness (QED) is 0.549. The minimum absolute atomic E-state index is 0.173. The Morgan fingerprint density at radius 2 is 1.69 bits per heavy atom. The number of hydrogen-bond acceptors (Lipinski definition) is 2. The third kappa shape index (κ3) is 3.26. The molecular formula is C27H46O2. The van der Waals surface area contributed by atoms with E-state index in [4.69, 9.17) is 0 Å². The van der Waals surface area contributed by atoms with E-state index in [0.29, 0.717) is 36.0 Å². The molecule has 0 heterocycles. The first-order valence-electron chi connectivity index (χ1n) is 12.9. The standard InChI is InChI=1S/C27H46O2/c1-18(2)9-8-10-19(3)21-11-12-22-20-17-24(28)27(29)15-7-6-14-26(27,5)23(20)13-16-25(21,22)4/h18-23,29H,6-17H2,1-5H3/t19-,20-,21+,22+,23+,25+,26+,27-/m0/s1. The van der Waals surface area contributed by atoms with Crippen LogP contribution in [0.1, 0.15) is 112 Å². The first-order valence-corrected chi connectivity index (χ1v) is 12.9. The lowest BCUT2D eigenvalue weighted by Crippen LogP contribution is -2.65. The SMILES string of the molecule is CC(C)CCC[C@H](C)[C@H]1CC[C@@H]2[C@@H]3CC(=O)[C@@]4(O)CCCC[C@]4(C)[C@@H]3CC[C@@]21C. The minimum Gasteiger partial charge on any atom is -0.381 e. The Morgan fingerprint density at radius 1 is 0.966 bits per heavy atom. The van der Waals surface area contributed by atoms with Crippen molar-refractivity contribution >= 4 is 5.78 Å². The van der Waals surface area contributed by atoms with Gasteiger partial charge in [0.25, 0.3) is 0 Å². The van der Waals surface area contributed by atoms with Crippen molar-refractivity contribution in [3.8, 4) is 0 Å². The van der Waals surface area contributed by atoms with Crippen LogP contribution in [0.3, 0.4) is 0 Å². The van der Waals surface area contributed by atoms with E-state index in [0.717, 1.165) is 30.6 Å². The molecule has 0 spiro atoms. The molecule has 166 valence electrons. The van der Waals surface area contributed by atoms with Crippen LogP contribution < -0.4 is 0 Å². The Kier molecular flexibility index (Phi) is 5.76. The predicted molar refractivity (Wildman–Crippen MR) is 120 cm³/mol. The number of carbonyl (C=O) groups excluding carboxylic acids is 1. The van der Waals surface area contributed by atoms with Gasteiger partial charge in [0.1, 0.15) is 5.60 Å². The van der Waals surface area contributed by atoms with Gasteiger partial charge in [-0.1, -0.05) is 66.7 Å². The van der Waals surface area contributed by atoms with Crippen molar-refractivity contribution in [1.29, 1.82) is 0 Å². The highest BCUT2D eigenvalue weighted by molar-refractivity contribution is 5.89. The molecule has 0 aromatic rings. The molecule has 0 aliphatic heterocycles. The molecule has 4 saturated carbocycles. The van der Waals surface area contributed by atoms with Crippen molar-refractivity contribution in [3.63, 3.8) is 0 Å². The third-order valence-corrected chi connectivity index (χ3v) is 10.8. The zero-order chi connectivity index (χ0) is 21.0. The number of ketones is 1. The maximum Gasteiger partial charge on any atom is 0.165 e. The van der Waals surface area contributed by atoms with E-state index in [2.05, 4.69) is 34.6 Å². The molecule has 29 heavy (non-hydrogen) atoms. The van der Waals surface area contributed by atoms with Crippen LogP contribution in [0.4, 0.5) is 0 Å². The molecule has 4 fully saturated rings. The van der Waals surface area contributed by atoms with Gasteiger partial charge in [-0.3, -0.25) is 4.79 Å². The number of hydrogen-bond donors (Lipinski definition) is 1. The molecule has 0 unspecified atom stereocenters. The first-order chi connectivity index (χ1) is 13.6. The van der Waals surface area contributed by atoms with Crippen molar-refractivity contribution in [1.82, 2.24) is 0 Å². The summed E-state index contributed by atoms with van der Waals surface area (Å²) in [7, 11) is 0. The van der Waals surface area contributed by atoms with E-state index in [1.165, 1.54) is 51.4 Å². The lowest BCUT2D eigenvalue weighted by Gasteiger charge is -2.62. The van der Waals surface area contributed by atoms with Crippen molar-refractivity contribution in [2.75, 3.05) is 0 Å². The summed E-state index contributed by atoms with van der Waals surface area (Å²) in [5, 5.41) is 11.5. The zero-order valence-corrected chi connectivity index (χ0v) is 19.8. The molecule has 4 rings (SSSR count). The molecule has 0 bridgehead atoms. The molecule has 0 radical (unpaired) electrons. The second-order valence-electron chi connectivity index (χ2n) is 12.5. The van der Waals surface area contributed by atoms with Crippen molar-refractivity contribution < 1.29 is 9.90 Å². The third-order valence-electron chi connectivity index (χ3n) is 10.8. The normalized spacial score (nSPS) is 48.2. The van der Waals surface area contributed by atoms with E-state index in [-0.39, 0.29) is 11.2 Å². The number of fused-ring (bicyclic) bond motifs is 5. The van der Waals surface area contributed by atoms with Crippen LogP contribution in [0, 0.1) is 46.3 Å². The van der Waals surface area contributed by atoms with E-state index in [1.807, 2.05) is 0 Å². The molecular weight excluding hydrogens is 356 g/mol. The summed E-state index contributed by atoms with van der Waals surface area (Å²) in [6.07, 6.45) is 14.0. The molecule has 4 aliphatic rings. The van der Waals surface area contributed by atoms with Crippen LogP contribution in [0.25, 0.3) is 0 Å². The van der Waals surface area contributed by atoms with Gasteiger partial charge in [-0.15, -0.1) is 0 Å². The second-order valence-corrected chi connectivity index (χ2v) is 12.5. The molecule has 8 atom stereocenters.